The predicted octanol–water partition coefficient (Wildman–Crippen LogP) is 6.35. The Morgan fingerprint density at radius 1 is 1.09 bits per heavy atom. The van der Waals surface area contributed by atoms with Crippen LogP contribution in [0.4, 0.5) is 21.5 Å². The number of aryl methyl sites for hydroxylation is 2. The topological polar surface area (TPSA) is 32.8 Å². The van der Waals surface area contributed by atoms with Crippen LogP contribution in [-0.4, -0.2) is 26.2 Å². The zero-order chi connectivity index (χ0) is 24.1. The highest BCUT2D eigenvalue weighted by molar-refractivity contribution is 5.72. The first-order valence-corrected chi connectivity index (χ1v) is 12.1. The highest BCUT2D eigenvalue weighted by atomic mass is 19.1. The van der Waals surface area contributed by atoms with Gasteiger partial charge >= 0.3 is 5.97 Å². The van der Waals surface area contributed by atoms with Gasteiger partial charge in [-0.2, -0.15) is 0 Å². The molecule has 0 atom stereocenters. The molecule has 0 fully saturated rings. The molecule has 0 aliphatic carbocycles. The zero-order valence-electron chi connectivity index (χ0n) is 20.3. The van der Waals surface area contributed by atoms with Crippen LogP contribution in [0.5, 0.6) is 0 Å². The predicted molar refractivity (Wildman–Crippen MR) is 136 cm³/mol. The van der Waals surface area contributed by atoms with Crippen molar-refractivity contribution in [2.75, 3.05) is 30.0 Å². The molecule has 0 bridgehead atoms. The Labute approximate surface area is 202 Å². The molecule has 1 aliphatic heterocycles. The third-order valence-electron chi connectivity index (χ3n) is 6.58. The van der Waals surface area contributed by atoms with Gasteiger partial charge in [0.05, 0.1) is 6.61 Å². The van der Waals surface area contributed by atoms with Gasteiger partial charge in [0.15, 0.2) is 0 Å². The number of hydrogen-bond acceptors (Lipinski definition) is 4. The maximum atomic E-state index is 14.7. The Morgan fingerprint density at radius 2 is 1.85 bits per heavy atom. The lowest BCUT2D eigenvalue weighted by atomic mass is 9.94. The summed E-state index contributed by atoms with van der Waals surface area (Å²) in [5.41, 5.74) is 7.77. The van der Waals surface area contributed by atoms with E-state index in [1.807, 2.05) is 19.2 Å². The molecule has 1 heterocycles. The smallest absolute Gasteiger partial charge is 0.306 e. The largest absolute Gasteiger partial charge is 0.466 e. The van der Waals surface area contributed by atoms with Crippen molar-refractivity contribution in [3.05, 3.63) is 88.7 Å². The average Bonchev–Trinajstić information content (AvgIpc) is 2.85. The summed E-state index contributed by atoms with van der Waals surface area (Å²) in [6.45, 7) is 6.00. The number of esters is 1. The zero-order valence-corrected chi connectivity index (χ0v) is 20.3. The molecule has 0 saturated carbocycles. The second-order valence-electron chi connectivity index (χ2n) is 8.88. The first-order chi connectivity index (χ1) is 16.5. The van der Waals surface area contributed by atoms with E-state index in [1.54, 1.807) is 19.1 Å². The average molecular weight is 461 g/mol. The van der Waals surface area contributed by atoms with Crippen molar-refractivity contribution in [3.8, 4) is 0 Å². The van der Waals surface area contributed by atoms with Gasteiger partial charge in [0.25, 0.3) is 0 Å². The van der Waals surface area contributed by atoms with E-state index in [2.05, 4.69) is 53.1 Å². The number of benzene rings is 3. The number of fused-ring (bicyclic) bond motifs is 1. The Kier molecular flexibility index (Phi) is 7.51. The minimum Gasteiger partial charge on any atom is -0.466 e. The van der Waals surface area contributed by atoms with Gasteiger partial charge in [-0.05, 0) is 79.6 Å². The number of hydrogen-bond donors (Lipinski definition) is 0. The van der Waals surface area contributed by atoms with E-state index in [1.165, 1.54) is 28.1 Å². The molecule has 0 spiro atoms. The van der Waals surface area contributed by atoms with E-state index in [4.69, 9.17) is 4.74 Å². The van der Waals surface area contributed by atoms with Crippen molar-refractivity contribution in [1.82, 2.24) is 0 Å². The van der Waals surface area contributed by atoms with Gasteiger partial charge in [-0.15, -0.1) is 0 Å². The number of halogens is 1. The van der Waals surface area contributed by atoms with Crippen LogP contribution < -0.4 is 9.80 Å². The lowest BCUT2D eigenvalue weighted by Crippen LogP contribution is -2.26. The Bertz CT molecular complexity index is 1150. The molecule has 3 aromatic rings. The Balaban J connectivity index is 1.52. The molecule has 5 heteroatoms. The van der Waals surface area contributed by atoms with Gasteiger partial charge in [0.2, 0.25) is 0 Å². The highest BCUT2D eigenvalue weighted by Gasteiger charge is 2.22. The molecule has 0 radical (unpaired) electrons. The number of rotatable bonds is 8. The molecule has 0 N–H and O–H groups in total. The Morgan fingerprint density at radius 3 is 2.59 bits per heavy atom. The molecule has 0 amide bonds. The third-order valence-corrected chi connectivity index (χ3v) is 6.58. The lowest BCUT2D eigenvalue weighted by molar-refractivity contribution is -0.143. The molecular weight excluding hydrogens is 427 g/mol. The second-order valence-corrected chi connectivity index (χ2v) is 8.88. The normalized spacial score (nSPS) is 12.9. The van der Waals surface area contributed by atoms with Gasteiger partial charge in [0, 0.05) is 43.6 Å². The first-order valence-electron chi connectivity index (χ1n) is 12.1. The number of ether oxygens (including phenoxy) is 1. The van der Waals surface area contributed by atoms with Crippen LogP contribution in [0.2, 0.25) is 0 Å². The van der Waals surface area contributed by atoms with E-state index >= 15 is 0 Å². The van der Waals surface area contributed by atoms with Crippen molar-refractivity contribution in [1.29, 1.82) is 0 Å². The summed E-state index contributed by atoms with van der Waals surface area (Å²) in [5, 5.41) is 0. The standard InChI is InChI=1S/C29H33FN2O2/c1-4-34-28(33)17-15-22-14-16-26(19-27(22)30)31(3)20-24-13-12-23-9-8-18-32(29(23)21(24)2)25-10-6-5-7-11-25/h5-7,10-14,16,19H,4,8-9,15,17-18,20H2,1-3H3. The van der Waals surface area contributed by atoms with Crippen LogP contribution in [0.1, 0.15) is 42.0 Å². The number of nitrogens with zero attached hydrogens (tertiary/aromatic N) is 2. The van der Waals surface area contributed by atoms with Crippen molar-refractivity contribution in [3.63, 3.8) is 0 Å². The molecule has 0 aromatic heterocycles. The van der Waals surface area contributed by atoms with Crippen LogP contribution in [0.3, 0.4) is 0 Å². The van der Waals surface area contributed by atoms with Crippen molar-refractivity contribution in [2.24, 2.45) is 0 Å². The monoisotopic (exact) mass is 460 g/mol. The molecule has 4 rings (SSSR count). The maximum Gasteiger partial charge on any atom is 0.306 e. The first kappa shape index (κ1) is 23.8. The van der Waals surface area contributed by atoms with Crippen LogP contribution in [0.15, 0.2) is 60.7 Å². The fraction of sp³-hybridized carbons (Fsp3) is 0.345. The van der Waals surface area contributed by atoms with Gasteiger partial charge in [-0.1, -0.05) is 36.4 Å². The van der Waals surface area contributed by atoms with Crippen LogP contribution >= 0.6 is 0 Å². The molecule has 4 nitrogen and oxygen atoms in total. The molecule has 178 valence electrons. The maximum absolute atomic E-state index is 14.7. The highest BCUT2D eigenvalue weighted by Crippen LogP contribution is 2.38. The molecule has 3 aromatic carbocycles. The fourth-order valence-electron chi connectivity index (χ4n) is 4.75. The van der Waals surface area contributed by atoms with Crippen molar-refractivity contribution in [2.45, 2.75) is 46.1 Å². The van der Waals surface area contributed by atoms with Gasteiger partial charge in [-0.3, -0.25) is 4.79 Å². The number of para-hydroxylation sites is 1. The number of carbonyl (C=O) groups excluding carboxylic acids is 1. The molecule has 1 aliphatic rings. The number of carbonyl (C=O) groups is 1. The van der Waals surface area contributed by atoms with Crippen LogP contribution in [0, 0.1) is 12.7 Å². The van der Waals surface area contributed by atoms with E-state index in [-0.39, 0.29) is 18.2 Å². The number of anilines is 3. The summed E-state index contributed by atoms with van der Waals surface area (Å²) in [7, 11) is 1.99. The lowest BCUT2D eigenvalue weighted by Gasteiger charge is -2.34. The summed E-state index contributed by atoms with van der Waals surface area (Å²) in [6, 6.07) is 20.3. The van der Waals surface area contributed by atoms with Gasteiger partial charge in [-0.25, -0.2) is 4.39 Å². The molecule has 0 unspecified atom stereocenters. The molecule has 34 heavy (non-hydrogen) atoms. The van der Waals surface area contributed by atoms with E-state index in [0.717, 1.165) is 25.1 Å². The summed E-state index contributed by atoms with van der Waals surface area (Å²) in [6.07, 6.45) is 2.76. The van der Waals surface area contributed by atoms with E-state index in [9.17, 15) is 9.18 Å². The molecule has 0 saturated heterocycles. The fourth-order valence-corrected chi connectivity index (χ4v) is 4.75. The van der Waals surface area contributed by atoms with E-state index < -0.39 is 0 Å². The minimum absolute atomic E-state index is 0.187. The summed E-state index contributed by atoms with van der Waals surface area (Å²) < 4.78 is 19.7. The SMILES string of the molecule is CCOC(=O)CCc1ccc(N(C)Cc2ccc3c(c2C)N(c2ccccc2)CCC3)cc1F. The summed E-state index contributed by atoms with van der Waals surface area (Å²) >= 11 is 0. The van der Waals surface area contributed by atoms with Gasteiger partial charge < -0.3 is 14.5 Å². The third kappa shape index (κ3) is 5.24. The second kappa shape index (κ2) is 10.7. The summed E-state index contributed by atoms with van der Waals surface area (Å²) in [4.78, 5) is 16.1. The van der Waals surface area contributed by atoms with Crippen molar-refractivity contribution >= 4 is 23.0 Å². The van der Waals surface area contributed by atoms with Crippen LogP contribution in [0.25, 0.3) is 0 Å². The Hall–Kier alpha value is -3.34. The van der Waals surface area contributed by atoms with Crippen LogP contribution in [-0.2, 0) is 28.9 Å². The minimum atomic E-state index is -0.296. The quantitative estimate of drug-likeness (QED) is 0.367. The molecular formula is C29H33FN2O2. The van der Waals surface area contributed by atoms with Crippen molar-refractivity contribution < 1.29 is 13.9 Å². The van der Waals surface area contributed by atoms with E-state index in [0.29, 0.717) is 25.1 Å². The summed E-state index contributed by atoms with van der Waals surface area (Å²) in [5.74, 6) is -0.582. The van der Waals surface area contributed by atoms with Gasteiger partial charge in [0.1, 0.15) is 5.82 Å².